The molecule has 0 saturated carbocycles. The summed E-state index contributed by atoms with van der Waals surface area (Å²) in [5, 5.41) is 6.41. The first-order valence-electron chi connectivity index (χ1n) is 7.51. The summed E-state index contributed by atoms with van der Waals surface area (Å²) in [6, 6.07) is 3.90. The van der Waals surface area contributed by atoms with Gasteiger partial charge in [0.25, 0.3) is 0 Å². The average Bonchev–Trinajstić information content (AvgIpc) is 3.04. The second kappa shape index (κ2) is 6.00. The third-order valence-corrected chi connectivity index (χ3v) is 3.90. The number of carbonyl (C=O) groups excluding carboxylic acids is 1. The molecule has 1 amide bonds. The lowest BCUT2D eigenvalue weighted by atomic mass is 9.85. The Morgan fingerprint density at radius 2 is 2.25 bits per heavy atom. The van der Waals surface area contributed by atoms with Gasteiger partial charge < -0.3 is 15.1 Å². The molecule has 1 saturated heterocycles. The van der Waals surface area contributed by atoms with Gasteiger partial charge in [-0.05, 0) is 30.5 Å². The maximum Gasteiger partial charge on any atom is 0.225 e. The van der Waals surface area contributed by atoms with Crippen LogP contribution in [0.4, 0.5) is 0 Å². The second-order valence-electron chi connectivity index (χ2n) is 6.65. The first-order valence-corrected chi connectivity index (χ1v) is 7.51. The van der Waals surface area contributed by atoms with Crippen molar-refractivity contribution < 1.29 is 9.21 Å². The van der Waals surface area contributed by atoms with E-state index in [1.807, 2.05) is 12.1 Å². The number of nitrogens with one attached hydrogen (secondary N) is 2. The predicted octanol–water partition coefficient (Wildman–Crippen LogP) is 2.65. The number of carbonyl (C=O) groups is 1. The van der Waals surface area contributed by atoms with Crippen LogP contribution in [0.1, 0.15) is 51.7 Å². The number of hydrogen-bond donors (Lipinski definition) is 2. The Morgan fingerprint density at radius 3 is 2.75 bits per heavy atom. The number of hydrogen-bond acceptors (Lipinski definition) is 3. The van der Waals surface area contributed by atoms with Gasteiger partial charge in [0.2, 0.25) is 5.91 Å². The van der Waals surface area contributed by atoms with Crippen molar-refractivity contribution in [3.05, 3.63) is 23.7 Å². The largest absolute Gasteiger partial charge is 0.464 e. The van der Waals surface area contributed by atoms with E-state index >= 15 is 0 Å². The first-order chi connectivity index (χ1) is 9.41. The second-order valence-corrected chi connectivity index (χ2v) is 6.65. The van der Waals surface area contributed by atoms with Gasteiger partial charge in [-0.2, -0.15) is 0 Å². The van der Waals surface area contributed by atoms with Crippen molar-refractivity contribution in [2.24, 2.45) is 11.3 Å². The Balaban J connectivity index is 2.13. The predicted molar refractivity (Wildman–Crippen MR) is 79.4 cm³/mol. The molecule has 2 N–H and O–H groups in total. The monoisotopic (exact) mass is 278 g/mol. The highest BCUT2D eigenvalue weighted by Crippen LogP contribution is 2.34. The molecular weight excluding hydrogens is 252 g/mol. The summed E-state index contributed by atoms with van der Waals surface area (Å²) in [6.45, 7) is 10.1. The van der Waals surface area contributed by atoms with Crippen molar-refractivity contribution in [1.82, 2.24) is 10.6 Å². The van der Waals surface area contributed by atoms with Crippen LogP contribution in [0.15, 0.2) is 16.5 Å². The van der Waals surface area contributed by atoms with Crippen molar-refractivity contribution in [2.75, 3.05) is 13.1 Å². The maximum atomic E-state index is 12.4. The van der Waals surface area contributed by atoms with E-state index in [4.69, 9.17) is 4.42 Å². The molecule has 20 heavy (non-hydrogen) atoms. The van der Waals surface area contributed by atoms with Gasteiger partial charge in [0, 0.05) is 13.0 Å². The summed E-state index contributed by atoms with van der Waals surface area (Å²) in [6.07, 6.45) is 1.79. The van der Waals surface area contributed by atoms with Crippen molar-refractivity contribution in [3.8, 4) is 0 Å². The summed E-state index contributed by atoms with van der Waals surface area (Å²) in [4.78, 5) is 12.4. The summed E-state index contributed by atoms with van der Waals surface area (Å²) >= 11 is 0. The number of rotatable bonds is 4. The fraction of sp³-hybridized carbons (Fsp3) is 0.688. The van der Waals surface area contributed by atoms with Gasteiger partial charge in [0.05, 0.1) is 12.0 Å². The quantitative estimate of drug-likeness (QED) is 0.890. The van der Waals surface area contributed by atoms with Crippen LogP contribution in [0.5, 0.6) is 0 Å². The van der Waals surface area contributed by atoms with Gasteiger partial charge in [0.1, 0.15) is 11.5 Å². The fourth-order valence-corrected chi connectivity index (χ4v) is 2.59. The van der Waals surface area contributed by atoms with Crippen LogP contribution in [0.3, 0.4) is 0 Å². The first kappa shape index (κ1) is 15.1. The summed E-state index contributed by atoms with van der Waals surface area (Å²) < 4.78 is 5.85. The highest BCUT2D eigenvalue weighted by Gasteiger charge is 2.33. The SMILES string of the molecule is CCc1ccc([C@H](NC(=O)[C@@H]2CCNC2)C(C)(C)C)o1. The summed E-state index contributed by atoms with van der Waals surface area (Å²) in [5.74, 6) is 2.03. The van der Waals surface area contributed by atoms with Gasteiger partial charge in [-0.25, -0.2) is 0 Å². The van der Waals surface area contributed by atoms with E-state index in [-0.39, 0.29) is 23.3 Å². The van der Waals surface area contributed by atoms with Crippen LogP contribution in [0.2, 0.25) is 0 Å². The lowest BCUT2D eigenvalue weighted by molar-refractivity contribution is -0.126. The summed E-state index contributed by atoms with van der Waals surface area (Å²) in [7, 11) is 0. The highest BCUT2D eigenvalue weighted by atomic mass is 16.3. The molecule has 1 fully saturated rings. The molecule has 1 aliphatic heterocycles. The molecule has 4 heteroatoms. The topological polar surface area (TPSA) is 54.3 Å². The van der Waals surface area contributed by atoms with Gasteiger partial charge in [-0.3, -0.25) is 4.79 Å². The van der Waals surface area contributed by atoms with Gasteiger partial charge in [0.15, 0.2) is 0 Å². The molecule has 0 spiro atoms. The van der Waals surface area contributed by atoms with Crippen molar-refractivity contribution in [3.63, 3.8) is 0 Å². The molecule has 1 aliphatic rings. The smallest absolute Gasteiger partial charge is 0.225 e. The zero-order chi connectivity index (χ0) is 14.8. The standard InChI is InChI=1S/C16H26N2O2/c1-5-12-6-7-13(20-12)14(16(2,3)4)18-15(19)11-8-9-17-10-11/h6-7,11,14,17H,5,8-10H2,1-4H3,(H,18,19)/t11-,14+/m1/s1. The molecule has 0 unspecified atom stereocenters. The van der Waals surface area contributed by atoms with E-state index in [1.54, 1.807) is 0 Å². The van der Waals surface area contributed by atoms with Crippen LogP contribution in [0, 0.1) is 11.3 Å². The third kappa shape index (κ3) is 3.42. The zero-order valence-corrected chi connectivity index (χ0v) is 13.0. The molecule has 0 aromatic carbocycles. The third-order valence-electron chi connectivity index (χ3n) is 3.90. The number of aryl methyl sites for hydroxylation is 1. The van der Waals surface area contributed by atoms with Gasteiger partial charge in [-0.1, -0.05) is 27.7 Å². The normalized spacial score (nSPS) is 20.9. The molecule has 2 rings (SSSR count). The minimum Gasteiger partial charge on any atom is -0.464 e. The van der Waals surface area contributed by atoms with E-state index in [1.165, 1.54) is 0 Å². The van der Waals surface area contributed by atoms with Crippen molar-refractivity contribution in [1.29, 1.82) is 0 Å². The molecule has 0 bridgehead atoms. The van der Waals surface area contributed by atoms with E-state index in [2.05, 4.69) is 38.3 Å². The minimum absolute atomic E-state index is 0.0788. The van der Waals surface area contributed by atoms with Crippen LogP contribution < -0.4 is 10.6 Å². The molecule has 0 aliphatic carbocycles. The van der Waals surface area contributed by atoms with Crippen molar-refractivity contribution in [2.45, 2.75) is 46.6 Å². The molecule has 1 aromatic heterocycles. The number of amides is 1. The van der Waals surface area contributed by atoms with E-state index in [0.717, 1.165) is 37.5 Å². The van der Waals surface area contributed by atoms with E-state index in [9.17, 15) is 4.79 Å². The Labute approximate surface area is 121 Å². The maximum absolute atomic E-state index is 12.4. The number of furan rings is 1. The Bertz CT molecular complexity index is 453. The van der Waals surface area contributed by atoms with Crippen molar-refractivity contribution >= 4 is 5.91 Å². The Morgan fingerprint density at radius 1 is 1.50 bits per heavy atom. The molecular formula is C16H26N2O2. The van der Waals surface area contributed by atoms with Crippen LogP contribution in [-0.2, 0) is 11.2 Å². The summed E-state index contributed by atoms with van der Waals surface area (Å²) in [5.41, 5.74) is -0.0788. The van der Waals surface area contributed by atoms with E-state index in [0.29, 0.717) is 0 Å². The Hall–Kier alpha value is -1.29. The van der Waals surface area contributed by atoms with Crippen LogP contribution >= 0.6 is 0 Å². The van der Waals surface area contributed by atoms with Gasteiger partial charge >= 0.3 is 0 Å². The lowest BCUT2D eigenvalue weighted by Gasteiger charge is -2.30. The van der Waals surface area contributed by atoms with Crippen LogP contribution in [0.25, 0.3) is 0 Å². The Kier molecular flexibility index (Phi) is 4.53. The average molecular weight is 278 g/mol. The zero-order valence-electron chi connectivity index (χ0n) is 13.0. The molecule has 112 valence electrons. The fourth-order valence-electron chi connectivity index (χ4n) is 2.59. The molecule has 4 nitrogen and oxygen atoms in total. The molecule has 2 atom stereocenters. The minimum atomic E-state index is -0.0871. The lowest BCUT2D eigenvalue weighted by Crippen LogP contribution is -2.40. The highest BCUT2D eigenvalue weighted by molar-refractivity contribution is 5.79. The van der Waals surface area contributed by atoms with Gasteiger partial charge in [-0.15, -0.1) is 0 Å². The molecule has 1 aromatic rings. The molecule has 2 heterocycles. The van der Waals surface area contributed by atoms with Crippen LogP contribution in [-0.4, -0.2) is 19.0 Å². The molecule has 0 radical (unpaired) electrons. The van der Waals surface area contributed by atoms with E-state index < -0.39 is 0 Å².